The average molecular weight is 397 g/mol. The molecule has 1 amide bonds. The summed E-state index contributed by atoms with van der Waals surface area (Å²) in [6.07, 6.45) is 23.9. The van der Waals surface area contributed by atoms with Gasteiger partial charge in [-0.15, -0.1) is 0 Å². The van der Waals surface area contributed by atoms with Crippen LogP contribution < -0.4 is 5.43 Å². The molecule has 0 aromatic carbocycles. The van der Waals surface area contributed by atoms with Crippen LogP contribution >= 0.6 is 0 Å². The largest absolute Gasteiger partial charge is 0.289 e. The molecular weight excluding hydrogens is 344 g/mol. The molecule has 168 valence electrons. The van der Waals surface area contributed by atoms with E-state index in [-0.39, 0.29) is 5.91 Å². The van der Waals surface area contributed by atoms with Gasteiger partial charge in [0.25, 0.3) is 0 Å². The van der Waals surface area contributed by atoms with Crippen molar-refractivity contribution in [2.75, 3.05) is 13.1 Å². The maximum absolute atomic E-state index is 12.3. The van der Waals surface area contributed by atoms with Gasteiger partial charge in [0.2, 0.25) is 5.91 Å². The van der Waals surface area contributed by atoms with E-state index in [2.05, 4.69) is 31.2 Å². The molecule has 3 nitrogen and oxygen atoms in total. The van der Waals surface area contributed by atoms with Gasteiger partial charge >= 0.3 is 0 Å². The Morgan fingerprint density at radius 1 is 0.536 bits per heavy atom. The molecule has 0 heterocycles. The Morgan fingerprint density at radius 3 is 1.32 bits per heavy atom. The molecule has 0 spiro atoms. The van der Waals surface area contributed by atoms with E-state index in [9.17, 15) is 4.79 Å². The molecule has 0 rings (SSSR count). The van der Waals surface area contributed by atoms with Crippen molar-refractivity contribution in [3.63, 3.8) is 0 Å². The van der Waals surface area contributed by atoms with Crippen molar-refractivity contribution in [2.45, 2.75) is 143 Å². The van der Waals surface area contributed by atoms with Gasteiger partial charge in [-0.05, 0) is 19.3 Å². The highest BCUT2D eigenvalue weighted by atomic mass is 16.2. The topological polar surface area (TPSA) is 32.3 Å². The maximum atomic E-state index is 12.3. The molecular formula is C25H52N2O. The lowest BCUT2D eigenvalue weighted by atomic mass is 10.1. The molecule has 3 heteroatoms. The lowest BCUT2D eigenvalue weighted by Gasteiger charge is -2.23. The quantitative estimate of drug-likeness (QED) is 0.150. The highest BCUT2D eigenvalue weighted by Crippen LogP contribution is 2.10. The van der Waals surface area contributed by atoms with Crippen LogP contribution in [0.5, 0.6) is 0 Å². The first-order valence-electron chi connectivity index (χ1n) is 12.8. The minimum Gasteiger partial charge on any atom is -0.289 e. The lowest BCUT2D eigenvalue weighted by molar-refractivity contribution is -0.126. The number of rotatable bonds is 22. The van der Waals surface area contributed by atoms with E-state index in [0.29, 0.717) is 6.42 Å². The molecule has 0 aromatic rings. The van der Waals surface area contributed by atoms with Gasteiger partial charge in [-0.1, -0.05) is 117 Å². The summed E-state index contributed by atoms with van der Waals surface area (Å²) in [5, 5.41) is 2.21. The van der Waals surface area contributed by atoms with E-state index >= 15 is 0 Å². The van der Waals surface area contributed by atoms with Crippen molar-refractivity contribution < 1.29 is 4.79 Å². The van der Waals surface area contributed by atoms with Crippen LogP contribution in [0.1, 0.15) is 143 Å². The van der Waals surface area contributed by atoms with Crippen LogP contribution in [0.2, 0.25) is 0 Å². The van der Waals surface area contributed by atoms with E-state index in [0.717, 1.165) is 19.5 Å². The number of carbonyl (C=O) groups is 1. The third-order valence-corrected chi connectivity index (χ3v) is 5.60. The third-order valence-electron chi connectivity index (χ3n) is 5.60. The first-order valence-corrected chi connectivity index (χ1v) is 12.8. The second-order valence-corrected chi connectivity index (χ2v) is 8.58. The normalized spacial score (nSPS) is 11.3. The fraction of sp³-hybridized carbons (Fsp3) is 0.960. The predicted molar refractivity (Wildman–Crippen MR) is 124 cm³/mol. The molecule has 0 saturated heterocycles. The van der Waals surface area contributed by atoms with E-state index in [1.54, 1.807) is 0 Å². The predicted octanol–water partition coefficient (Wildman–Crippen LogP) is 7.79. The van der Waals surface area contributed by atoms with Crippen molar-refractivity contribution in [1.82, 2.24) is 10.4 Å². The maximum Gasteiger partial charge on any atom is 0.234 e. The zero-order valence-corrected chi connectivity index (χ0v) is 19.7. The average Bonchev–Trinajstić information content (AvgIpc) is 2.69. The van der Waals surface area contributed by atoms with Gasteiger partial charge in [-0.2, -0.15) is 0 Å². The van der Waals surface area contributed by atoms with Gasteiger partial charge < -0.3 is 0 Å². The molecule has 0 saturated carbocycles. The molecule has 0 aliphatic rings. The highest BCUT2D eigenvalue weighted by Gasteiger charge is 2.09. The van der Waals surface area contributed by atoms with Gasteiger partial charge in [0.1, 0.15) is 0 Å². The van der Waals surface area contributed by atoms with Gasteiger partial charge in [0, 0.05) is 19.5 Å². The van der Waals surface area contributed by atoms with Gasteiger partial charge in [0.05, 0.1) is 0 Å². The van der Waals surface area contributed by atoms with Crippen molar-refractivity contribution >= 4 is 5.91 Å². The fourth-order valence-corrected chi connectivity index (χ4v) is 3.69. The van der Waals surface area contributed by atoms with Crippen LogP contribution in [0.15, 0.2) is 0 Å². The summed E-state index contributed by atoms with van der Waals surface area (Å²) >= 11 is 0. The number of amides is 1. The second kappa shape index (κ2) is 22.7. The van der Waals surface area contributed by atoms with E-state index in [4.69, 9.17) is 0 Å². The number of hydrogen-bond acceptors (Lipinski definition) is 2. The van der Waals surface area contributed by atoms with Crippen LogP contribution in [0.25, 0.3) is 0 Å². The van der Waals surface area contributed by atoms with Crippen LogP contribution in [0.3, 0.4) is 0 Å². The van der Waals surface area contributed by atoms with Gasteiger partial charge in [-0.3, -0.25) is 10.2 Å². The fourth-order valence-electron chi connectivity index (χ4n) is 3.69. The monoisotopic (exact) mass is 396 g/mol. The zero-order chi connectivity index (χ0) is 20.7. The molecule has 0 radical (unpaired) electrons. The SMILES string of the molecule is CCCCCCCCCCC(=O)NN(CCCCCCC)CCCCCCC. The summed E-state index contributed by atoms with van der Waals surface area (Å²) in [5.74, 6) is 0.230. The zero-order valence-electron chi connectivity index (χ0n) is 19.7. The summed E-state index contributed by atoms with van der Waals surface area (Å²) < 4.78 is 0. The molecule has 0 aromatic heterocycles. The molecule has 0 aliphatic carbocycles. The Kier molecular flexibility index (Phi) is 22.3. The Morgan fingerprint density at radius 2 is 0.893 bits per heavy atom. The van der Waals surface area contributed by atoms with Gasteiger partial charge in [-0.25, -0.2) is 5.01 Å². The summed E-state index contributed by atoms with van der Waals surface area (Å²) in [6, 6.07) is 0. The molecule has 0 atom stereocenters. The summed E-state index contributed by atoms with van der Waals surface area (Å²) in [5.41, 5.74) is 3.21. The second-order valence-electron chi connectivity index (χ2n) is 8.58. The number of nitrogens with zero attached hydrogens (tertiary/aromatic N) is 1. The van der Waals surface area contributed by atoms with Crippen molar-refractivity contribution in [3.8, 4) is 0 Å². The Bertz CT molecular complexity index is 306. The molecule has 1 N–H and O–H groups in total. The molecule has 0 fully saturated rings. The lowest BCUT2D eigenvalue weighted by Crippen LogP contribution is -2.43. The summed E-state index contributed by atoms with van der Waals surface area (Å²) in [6.45, 7) is 8.81. The van der Waals surface area contributed by atoms with Crippen LogP contribution in [-0.2, 0) is 4.79 Å². The minimum absolute atomic E-state index is 0.230. The van der Waals surface area contributed by atoms with Gasteiger partial charge in [0.15, 0.2) is 0 Å². The number of hydrogen-bond donors (Lipinski definition) is 1. The highest BCUT2D eigenvalue weighted by molar-refractivity contribution is 5.75. The molecule has 0 unspecified atom stereocenters. The van der Waals surface area contributed by atoms with E-state index < -0.39 is 0 Å². The number of carbonyl (C=O) groups excluding carboxylic acids is 1. The van der Waals surface area contributed by atoms with Crippen LogP contribution in [0.4, 0.5) is 0 Å². The smallest absolute Gasteiger partial charge is 0.234 e. The summed E-state index contributed by atoms with van der Waals surface area (Å²) in [7, 11) is 0. The van der Waals surface area contributed by atoms with Crippen molar-refractivity contribution in [3.05, 3.63) is 0 Å². The first kappa shape index (κ1) is 27.4. The molecule has 0 bridgehead atoms. The van der Waals surface area contributed by atoms with Crippen LogP contribution in [-0.4, -0.2) is 24.0 Å². The Labute approximate surface area is 177 Å². The standard InChI is InChI=1S/C25H52N2O/c1-4-7-10-13-14-15-16-19-22-25(28)26-27(23-20-17-11-8-5-2)24-21-18-12-9-6-3/h4-24H2,1-3H3,(H,26,28). The van der Waals surface area contributed by atoms with Crippen LogP contribution in [0, 0.1) is 0 Å². The molecule has 28 heavy (non-hydrogen) atoms. The molecule has 0 aliphatic heterocycles. The number of unbranched alkanes of at least 4 members (excludes halogenated alkanes) is 15. The number of nitrogens with one attached hydrogen (secondary N) is 1. The number of hydrazine groups is 1. The van der Waals surface area contributed by atoms with Crippen molar-refractivity contribution in [2.24, 2.45) is 0 Å². The first-order chi connectivity index (χ1) is 13.7. The van der Waals surface area contributed by atoms with Crippen molar-refractivity contribution in [1.29, 1.82) is 0 Å². The van der Waals surface area contributed by atoms with E-state index in [1.165, 1.54) is 109 Å². The third kappa shape index (κ3) is 20.2. The van der Waals surface area contributed by atoms with E-state index in [1.807, 2.05) is 0 Å². The minimum atomic E-state index is 0.230. The Hall–Kier alpha value is -0.570. The Balaban J connectivity index is 3.91. The summed E-state index contributed by atoms with van der Waals surface area (Å²) in [4.78, 5) is 12.3.